The van der Waals surface area contributed by atoms with Crippen LogP contribution in [0.3, 0.4) is 0 Å². The first-order valence-electron chi connectivity index (χ1n) is 9.34. The normalized spacial score (nSPS) is 16.5. The molecule has 0 saturated heterocycles. The number of carbonyl (C=O) groups is 1. The van der Waals surface area contributed by atoms with Crippen LogP contribution in [0.1, 0.15) is 68.1 Å². The third-order valence-electron chi connectivity index (χ3n) is 5.04. The zero-order valence-corrected chi connectivity index (χ0v) is 16.9. The van der Waals surface area contributed by atoms with Gasteiger partial charge >= 0.3 is 5.97 Å². The highest BCUT2D eigenvalue weighted by atomic mass is 19.1. The van der Waals surface area contributed by atoms with Gasteiger partial charge in [-0.05, 0) is 55.9 Å². The molecular weight excluding hydrogens is 357 g/mol. The number of halogens is 1. The number of nitriles is 1. The fourth-order valence-electron chi connectivity index (χ4n) is 3.96. The Hall–Kier alpha value is -2.87. The standard InChI is InChI=1S/C23H24FNO3/c1-6-14-7-8-17(11-19(14)24)27-21(26)15-9-16(12-25)20-18(10-15)22(2,3)13-23(4,5)28-20/h7-11H,6,13H2,1-5H3. The van der Waals surface area contributed by atoms with Crippen molar-refractivity contribution in [3.63, 3.8) is 0 Å². The van der Waals surface area contributed by atoms with Crippen LogP contribution >= 0.6 is 0 Å². The Morgan fingerprint density at radius 3 is 2.57 bits per heavy atom. The molecule has 0 saturated carbocycles. The summed E-state index contributed by atoms with van der Waals surface area (Å²) < 4.78 is 25.4. The Labute approximate surface area is 164 Å². The Morgan fingerprint density at radius 1 is 1.25 bits per heavy atom. The van der Waals surface area contributed by atoms with E-state index in [1.807, 2.05) is 20.8 Å². The van der Waals surface area contributed by atoms with E-state index in [-0.39, 0.29) is 22.3 Å². The van der Waals surface area contributed by atoms with E-state index in [2.05, 4.69) is 19.9 Å². The number of hydrogen-bond donors (Lipinski definition) is 0. The van der Waals surface area contributed by atoms with Gasteiger partial charge in [0.25, 0.3) is 0 Å². The molecule has 4 nitrogen and oxygen atoms in total. The van der Waals surface area contributed by atoms with Gasteiger partial charge in [-0.3, -0.25) is 0 Å². The lowest BCUT2D eigenvalue weighted by molar-refractivity contribution is 0.0529. The SMILES string of the molecule is CCc1ccc(OC(=O)c2cc(C#N)c3c(c2)C(C)(C)CC(C)(C)O3)cc1F. The molecule has 0 aromatic heterocycles. The number of benzene rings is 2. The molecule has 1 heterocycles. The van der Waals surface area contributed by atoms with Gasteiger partial charge in [0.2, 0.25) is 0 Å². The predicted octanol–water partition coefficient (Wildman–Crippen LogP) is 5.32. The van der Waals surface area contributed by atoms with E-state index in [1.165, 1.54) is 12.1 Å². The predicted molar refractivity (Wildman–Crippen MR) is 104 cm³/mol. The van der Waals surface area contributed by atoms with Crippen LogP contribution in [0.4, 0.5) is 4.39 Å². The van der Waals surface area contributed by atoms with E-state index in [9.17, 15) is 14.4 Å². The maximum absolute atomic E-state index is 14.0. The molecule has 0 spiro atoms. The molecule has 28 heavy (non-hydrogen) atoms. The summed E-state index contributed by atoms with van der Waals surface area (Å²) in [5.41, 5.74) is 1.19. The number of aryl methyl sites for hydroxylation is 1. The van der Waals surface area contributed by atoms with Crippen LogP contribution in [0, 0.1) is 17.1 Å². The molecule has 0 bridgehead atoms. The Morgan fingerprint density at radius 2 is 1.96 bits per heavy atom. The van der Waals surface area contributed by atoms with Crippen LogP contribution in [0.25, 0.3) is 0 Å². The van der Waals surface area contributed by atoms with Crippen molar-refractivity contribution in [3.05, 3.63) is 58.4 Å². The molecule has 0 aliphatic carbocycles. The van der Waals surface area contributed by atoms with E-state index >= 15 is 0 Å². The van der Waals surface area contributed by atoms with Gasteiger partial charge in [-0.1, -0.05) is 26.8 Å². The minimum atomic E-state index is -0.636. The maximum Gasteiger partial charge on any atom is 0.343 e. The second-order valence-corrected chi connectivity index (χ2v) is 8.43. The van der Waals surface area contributed by atoms with Crippen LogP contribution in [-0.2, 0) is 11.8 Å². The first kappa shape index (κ1) is 19.9. The van der Waals surface area contributed by atoms with E-state index in [4.69, 9.17) is 9.47 Å². The zero-order chi connectivity index (χ0) is 20.7. The summed E-state index contributed by atoms with van der Waals surface area (Å²) in [7, 11) is 0. The number of ether oxygens (including phenoxy) is 2. The van der Waals surface area contributed by atoms with Gasteiger partial charge in [0.15, 0.2) is 0 Å². The van der Waals surface area contributed by atoms with Crippen LogP contribution in [0.2, 0.25) is 0 Å². The summed E-state index contributed by atoms with van der Waals surface area (Å²) in [4.78, 5) is 12.7. The topological polar surface area (TPSA) is 59.3 Å². The fourth-order valence-corrected chi connectivity index (χ4v) is 3.96. The smallest absolute Gasteiger partial charge is 0.343 e. The molecule has 2 aromatic carbocycles. The highest BCUT2D eigenvalue weighted by Crippen LogP contribution is 2.46. The Bertz CT molecular complexity index is 986. The first-order valence-corrected chi connectivity index (χ1v) is 9.34. The van der Waals surface area contributed by atoms with Crippen molar-refractivity contribution in [1.82, 2.24) is 0 Å². The van der Waals surface area contributed by atoms with Crippen molar-refractivity contribution in [2.45, 2.75) is 58.5 Å². The van der Waals surface area contributed by atoms with Gasteiger partial charge in [0, 0.05) is 11.6 Å². The number of rotatable bonds is 3. The fraction of sp³-hybridized carbons (Fsp3) is 0.391. The first-order chi connectivity index (χ1) is 13.1. The molecule has 0 N–H and O–H groups in total. The van der Waals surface area contributed by atoms with E-state index < -0.39 is 17.4 Å². The van der Waals surface area contributed by atoms with E-state index in [0.29, 0.717) is 17.7 Å². The molecular formula is C23H24FNO3. The van der Waals surface area contributed by atoms with E-state index in [1.54, 1.807) is 18.2 Å². The minimum absolute atomic E-state index is 0.132. The van der Waals surface area contributed by atoms with Crippen molar-refractivity contribution in [3.8, 4) is 17.6 Å². The quantitative estimate of drug-likeness (QED) is 0.533. The van der Waals surface area contributed by atoms with Crippen LogP contribution in [0.15, 0.2) is 30.3 Å². The maximum atomic E-state index is 14.0. The van der Waals surface area contributed by atoms with Crippen LogP contribution in [0.5, 0.6) is 11.5 Å². The summed E-state index contributed by atoms with van der Waals surface area (Å²) >= 11 is 0. The van der Waals surface area contributed by atoms with Gasteiger partial charge in [0.1, 0.15) is 29.0 Å². The average molecular weight is 381 g/mol. The highest BCUT2D eigenvalue weighted by Gasteiger charge is 2.40. The number of carbonyl (C=O) groups excluding carboxylic acids is 1. The minimum Gasteiger partial charge on any atom is -0.486 e. The zero-order valence-electron chi connectivity index (χ0n) is 16.9. The van der Waals surface area contributed by atoms with Crippen molar-refractivity contribution in [1.29, 1.82) is 5.26 Å². The van der Waals surface area contributed by atoms with Gasteiger partial charge in [0.05, 0.1) is 11.1 Å². The van der Waals surface area contributed by atoms with Gasteiger partial charge < -0.3 is 9.47 Å². The average Bonchev–Trinajstić information content (AvgIpc) is 2.59. The molecule has 3 rings (SSSR count). The molecule has 0 unspecified atom stereocenters. The molecule has 2 aromatic rings. The Kier molecular flexibility index (Phi) is 4.93. The monoisotopic (exact) mass is 381 g/mol. The summed E-state index contributed by atoms with van der Waals surface area (Å²) in [6.07, 6.45) is 1.29. The molecule has 5 heteroatoms. The summed E-state index contributed by atoms with van der Waals surface area (Å²) in [6.45, 7) is 9.94. The van der Waals surface area contributed by atoms with Crippen molar-refractivity contribution >= 4 is 5.97 Å². The summed E-state index contributed by atoms with van der Waals surface area (Å²) in [5.74, 6) is -0.400. The second-order valence-electron chi connectivity index (χ2n) is 8.43. The third-order valence-corrected chi connectivity index (χ3v) is 5.04. The van der Waals surface area contributed by atoms with Crippen molar-refractivity contribution < 1.29 is 18.7 Å². The molecule has 146 valence electrons. The highest BCUT2D eigenvalue weighted by molar-refractivity contribution is 5.92. The molecule has 1 aliphatic rings. The molecule has 0 radical (unpaired) electrons. The largest absolute Gasteiger partial charge is 0.486 e. The van der Waals surface area contributed by atoms with Crippen LogP contribution in [-0.4, -0.2) is 11.6 Å². The Balaban J connectivity index is 1.99. The molecule has 1 aliphatic heterocycles. The third kappa shape index (κ3) is 3.73. The van der Waals surface area contributed by atoms with Crippen molar-refractivity contribution in [2.75, 3.05) is 0 Å². The van der Waals surface area contributed by atoms with Gasteiger partial charge in [-0.25, -0.2) is 9.18 Å². The summed E-state index contributed by atoms with van der Waals surface area (Å²) in [6, 6.07) is 9.68. The van der Waals surface area contributed by atoms with Gasteiger partial charge in [-0.15, -0.1) is 0 Å². The van der Waals surface area contributed by atoms with Crippen LogP contribution < -0.4 is 9.47 Å². The van der Waals surface area contributed by atoms with Crippen molar-refractivity contribution in [2.24, 2.45) is 0 Å². The van der Waals surface area contributed by atoms with Gasteiger partial charge in [-0.2, -0.15) is 5.26 Å². The number of fused-ring (bicyclic) bond motifs is 1. The lowest BCUT2D eigenvalue weighted by Crippen LogP contribution is -2.41. The number of esters is 1. The number of nitrogens with zero attached hydrogens (tertiary/aromatic N) is 1. The molecule has 0 atom stereocenters. The number of hydrogen-bond acceptors (Lipinski definition) is 4. The molecule has 0 fully saturated rings. The lowest BCUT2D eigenvalue weighted by Gasteiger charge is -2.42. The second kappa shape index (κ2) is 6.94. The summed E-state index contributed by atoms with van der Waals surface area (Å²) in [5, 5.41) is 9.59. The lowest BCUT2D eigenvalue weighted by atomic mass is 9.72. The molecule has 0 amide bonds. The van der Waals surface area contributed by atoms with E-state index in [0.717, 1.165) is 12.0 Å².